The summed E-state index contributed by atoms with van der Waals surface area (Å²) in [4.78, 5) is 2.35. The Morgan fingerprint density at radius 2 is 2.00 bits per heavy atom. The van der Waals surface area contributed by atoms with Crippen molar-refractivity contribution in [1.82, 2.24) is 4.90 Å². The minimum Gasteiger partial charge on any atom is -0.398 e. The molecule has 0 saturated heterocycles. The molecule has 0 heterocycles. The van der Waals surface area contributed by atoms with Crippen LogP contribution < -0.4 is 5.73 Å². The van der Waals surface area contributed by atoms with Gasteiger partial charge in [0.2, 0.25) is 0 Å². The number of nitrogens with two attached hydrogens (primary N) is 1. The minimum atomic E-state index is 0.910. The van der Waals surface area contributed by atoms with Crippen LogP contribution in [0.5, 0.6) is 0 Å². The third kappa shape index (κ3) is 4.23. The lowest BCUT2D eigenvalue weighted by molar-refractivity contribution is 0.318. The van der Waals surface area contributed by atoms with E-state index in [9.17, 15) is 0 Å². The molecule has 0 aliphatic heterocycles. The fourth-order valence-electron chi connectivity index (χ4n) is 1.87. The highest BCUT2D eigenvalue weighted by molar-refractivity contribution is 5.48. The summed E-state index contributed by atoms with van der Waals surface area (Å²) in [5, 5.41) is 0. The van der Waals surface area contributed by atoms with Gasteiger partial charge < -0.3 is 10.6 Å². The van der Waals surface area contributed by atoms with Gasteiger partial charge in [0.25, 0.3) is 0 Å². The number of anilines is 1. The molecule has 16 heavy (non-hydrogen) atoms. The van der Waals surface area contributed by atoms with Gasteiger partial charge in [0, 0.05) is 12.2 Å². The van der Waals surface area contributed by atoms with E-state index in [0.717, 1.165) is 18.8 Å². The van der Waals surface area contributed by atoms with Gasteiger partial charge in [-0.15, -0.1) is 0 Å². The van der Waals surface area contributed by atoms with E-state index < -0.39 is 0 Å². The Labute approximate surface area is 99.5 Å². The highest BCUT2D eigenvalue weighted by atomic mass is 15.1. The molecule has 0 aliphatic carbocycles. The molecule has 0 spiro atoms. The van der Waals surface area contributed by atoms with Crippen LogP contribution in [0.25, 0.3) is 0 Å². The Morgan fingerprint density at radius 3 is 2.69 bits per heavy atom. The number of rotatable bonds is 6. The van der Waals surface area contributed by atoms with Crippen LogP contribution in [0.4, 0.5) is 5.69 Å². The zero-order valence-electron chi connectivity index (χ0n) is 10.8. The fourth-order valence-corrected chi connectivity index (χ4v) is 1.87. The normalized spacial score (nSPS) is 11.0. The van der Waals surface area contributed by atoms with Crippen molar-refractivity contribution < 1.29 is 0 Å². The summed E-state index contributed by atoms with van der Waals surface area (Å²) in [7, 11) is 2.16. The lowest BCUT2D eigenvalue weighted by atomic mass is 10.1. The van der Waals surface area contributed by atoms with Gasteiger partial charge in [0.15, 0.2) is 0 Å². The molecule has 0 atom stereocenters. The third-order valence-corrected chi connectivity index (χ3v) is 2.88. The number of nitrogens with zero attached hydrogens (tertiary/aromatic N) is 1. The molecule has 0 radical (unpaired) electrons. The van der Waals surface area contributed by atoms with E-state index in [1.54, 1.807) is 0 Å². The van der Waals surface area contributed by atoms with Crippen LogP contribution in [0.2, 0.25) is 0 Å². The number of benzene rings is 1. The van der Waals surface area contributed by atoms with Crippen molar-refractivity contribution in [2.24, 2.45) is 0 Å². The van der Waals surface area contributed by atoms with Crippen molar-refractivity contribution in [1.29, 1.82) is 0 Å². The van der Waals surface area contributed by atoms with Gasteiger partial charge in [-0.25, -0.2) is 0 Å². The Hall–Kier alpha value is -1.02. The number of aryl methyl sites for hydroxylation is 1. The summed E-state index contributed by atoms with van der Waals surface area (Å²) in [6.45, 7) is 6.46. The number of hydrogen-bond donors (Lipinski definition) is 1. The molecule has 0 fully saturated rings. The lowest BCUT2D eigenvalue weighted by Crippen LogP contribution is -2.19. The zero-order valence-corrected chi connectivity index (χ0v) is 10.8. The topological polar surface area (TPSA) is 29.3 Å². The molecule has 2 N–H and O–H groups in total. The first-order valence-electron chi connectivity index (χ1n) is 6.17. The molecular formula is C14H24N2. The first kappa shape index (κ1) is 13.0. The Morgan fingerprint density at radius 1 is 1.25 bits per heavy atom. The molecule has 0 unspecified atom stereocenters. The minimum absolute atomic E-state index is 0.910. The molecule has 0 amide bonds. The summed E-state index contributed by atoms with van der Waals surface area (Å²) in [5.41, 5.74) is 9.41. The van der Waals surface area contributed by atoms with E-state index in [0.29, 0.717) is 0 Å². The van der Waals surface area contributed by atoms with Gasteiger partial charge in [-0.1, -0.05) is 37.5 Å². The average molecular weight is 220 g/mol. The van der Waals surface area contributed by atoms with Crippen molar-refractivity contribution in [2.45, 2.75) is 39.7 Å². The molecule has 0 bridgehead atoms. The Balaban J connectivity index is 2.48. The molecule has 1 rings (SSSR count). The quantitative estimate of drug-likeness (QED) is 0.589. The number of unbranched alkanes of at least 4 members (excludes halogenated alkanes) is 2. The first-order valence-corrected chi connectivity index (χ1v) is 6.17. The molecule has 2 nitrogen and oxygen atoms in total. The van der Waals surface area contributed by atoms with Gasteiger partial charge in [-0.2, -0.15) is 0 Å². The molecule has 0 saturated carbocycles. The molecule has 0 aromatic heterocycles. The molecule has 1 aromatic rings. The van der Waals surface area contributed by atoms with Crippen LogP contribution in [0.1, 0.15) is 37.3 Å². The van der Waals surface area contributed by atoms with E-state index in [2.05, 4.69) is 37.9 Å². The summed E-state index contributed by atoms with van der Waals surface area (Å²) in [6, 6.07) is 6.26. The third-order valence-electron chi connectivity index (χ3n) is 2.88. The zero-order chi connectivity index (χ0) is 12.0. The fraction of sp³-hybridized carbons (Fsp3) is 0.571. The maximum Gasteiger partial charge on any atom is 0.0359 e. The second kappa shape index (κ2) is 6.54. The summed E-state index contributed by atoms with van der Waals surface area (Å²) in [6.07, 6.45) is 3.87. The largest absolute Gasteiger partial charge is 0.398 e. The highest BCUT2D eigenvalue weighted by Gasteiger charge is 2.03. The van der Waals surface area contributed by atoms with Gasteiger partial charge in [0.05, 0.1) is 0 Å². The number of hydrogen-bond acceptors (Lipinski definition) is 2. The summed E-state index contributed by atoms with van der Waals surface area (Å²) < 4.78 is 0. The predicted octanol–water partition coefficient (Wildman–Crippen LogP) is 3.20. The SMILES string of the molecule is CCCCCN(C)Cc1cc(C)ccc1N. The molecule has 90 valence electrons. The smallest absolute Gasteiger partial charge is 0.0359 e. The molecule has 0 aliphatic rings. The Kier molecular flexibility index (Phi) is 5.33. The van der Waals surface area contributed by atoms with Crippen LogP contribution in [0.15, 0.2) is 18.2 Å². The monoisotopic (exact) mass is 220 g/mol. The second-order valence-electron chi connectivity index (χ2n) is 4.65. The van der Waals surface area contributed by atoms with Crippen LogP contribution >= 0.6 is 0 Å². The summed E-state index contributed by atoms with van der Waals surface area (Å²) >= 11 is 0. The van der Waals surface area contributed by atoms with Gasteiger partial charge in [-0.05, 0) is 38.6 Å². The van der Waals surface area contributed by atoms with E-state index in [-0.39, 0.29) is 0 Å². The van der Waals surface area contributed by atoms with E-state index in [4.69, 9.17) is 5.73 Å². The summed E-state index contributed by atoms with van der Waals surface area (Å²) in [5.74, 6) is 0. The highest BCUT2D eigenvalue weighted by Crippen LogP contribution is 2.15. The second-order valence-corrected chi connectivity index (χ2v) is 4.65. The Bertz CT molecular complexity index is 321. The van der Waals surface area contributed by atoms with E-state index in [1.807, 2.05) is 6.07 Å². The van der Waals surface area contributed by atoms with Crippen molar-refractivity contribution in [3.8, 4) is 0 Å². The van der Waals surface area contributed by atoms with Crippen molar-refractivity contribution >= 4 is 5.69 Å². The molecule has 2 heteroatoms. The van der Waals surface area contributed by atoms with Crippen molar-refractivity contribution in [3.05, 3.63) is 29.3 Å². The maximum atomic E-state index is 5.97. The lowest BCUT2D eigenvalue weighted by Gasteiger charge is -2.18. The van der Waals surface area contributed by atoms with E-state index >= 15 is 0 Å². The van der Waals surface area contributed by atoms with Crippen LogP contribution in [-0.4, -0.2) is 18.5 Å². The maximum absolute atomic E-state index is 5.97. The van der Waals surface area contributed by atoms with Crippen molar-refractivity contribution in [3.63, 3.8) is 0 Å². The van der Waals surface area contributed by atoms with Gasteiger partial charge >= 0.3 is 0 Å². The van der Waals surface area contributed by atoms with Crippen molar-refractivity contribution in [2.75, 3.05) is 19.3 Å². The molecular weight excluding hydrogens is 196 g/mol. The standard InChI is InChI=1S/C14H24N2/c1-4-5-6-9-16(3)11-13-10-12(2)7-8-14(13)15/h7-8,10H,4-6,9,11,15H2,1-3H3. The first-order chi connectivity index (χ1) is 7.63. The van der Waals surface area contributed by atoms with Gasteiger partial charge in [-0.3, -0.25) is 0 Å². The van der Waals surface area contributed by atoms with Crippen LogP contribution in [0.3, 0.4) is 0 Å². The predicted molar refractivity (Wildman–Crippen MR) is 71.5 cm³/mol. The van der Waals surface area contributed by atoms with Crippen LogP contribution in [0, 0.1) is 6.92 Å². The van der Waals surface area contributed by atoms with Gasteiger partial charge in [0.1, 0.15) is 0 Å². The van der Waals surface area contributed by atoms with Crippen LogP contribution in [-0.2, 0) is 6.54 Å². The van der Waals surface area contributed by atoms with E-state index in [1.165, 1.54) is 30.4 Å². The average Bonchev–Trinajstić information content (AvgIpc) is 2.24. The molecule has 1 aromatic carbocycles. The number of nitrogen functional groups attached to an aromatic ring is 1.